The number of rotatable bonds is 4. The van der Waals surface area contributed by atoms with Crippen LogP contribution in [0.1, 0.15) is 38.2 Å². The average molecular weight is 349 g/mol. The van der Waals surface area contributed by atoms with Crippen LogP contribution in [0.15, 0.2) is 33.8 Å². The predicted molar refractivity (Wildman–Crippen MR) is 92.7 cm³/mol. The van der Waals surface area contributed by atoms with Crippen LogP contribution in [-0.4, -0.2) is 29.1 Å². The highest BCUT2D eigenvalue weighted by Crippen LogP contribution is 2.49. The van der Waals surface area contributed by atoms with Gasteiger partial charge in [-0.25, -0.2) is 14.2 Å². The highest BCUT2D eigenvalue weighted by atomic mass is 32.2. The van der Waals surface area contributed by atoms with Crippen LogP contribution >= 0.6 is 11.8 Å². The lowest BCUT2D eigenvalue weighted by Crippen LogP contribution is -2.24. The number of nitrogens with zero attached hydrogens (tertiary/aromatic N) is 1. The molecule has 0 bridgehead atoms. The fourth-order valence-electron chi connectivity index (χ4n) is 3.25. The minimum Gasteiger partial charge on any atom is -0.504 e. The van der Waals surface area contributed by atoms with Gasteiger partial charge in [-0.2, -0.15) is 0 Å². The van der Waals surface area contributed by atoms with Crippen molar-refractivity contribution < 1.29 is 19.0 Å². The molecule has 1 fully saturated rings. The summed E-state index contributed by atoms with van der Waals surface area (Å²) >= 11 is 1.59. The van der Waals surface area contributed by atoms with Crippen LogP contribution in [-0.2, 0) is 9.53 Å². The summed E-state index contributed by atoms with van der Waals surface area (Å²) in [4.78, 5) is 16.8. The first kappa shape index (κ1) is 17.0. The van der Waals surface area contributed by atoms with Gasteiger partial charge in [-0.15, -0.1) is 11.8 Å². The molecule has 0 spiro atoms. The molecule has 4 nitrogen and oxygen atoms in total. The van der Waals surface area contributed by atoms with Crippen LogP contribution in [0, 0.1) is 11.7 Å². The molecule has 0 aromatic heterocycles. The molecule has 6 heteroatoms. The SMILES string of the molecule is CCOC(=O)C1=C(/N=C/c2cccc(F)c2O)S[C@H]2CCCC[C@H]12. The van der Waals surface area contributed by atoms with Crippen LogP contribution < -0.4 is 0 Å². The Bertz CT molecular complexity index is 702. The number of ether oxygens (including phenoxy) is 1. The number of hydrogen-bond acceptors (Lipinski definition) is 5. The van der Waals surface area contributed by atoms with Gasteiger partial charge in [0, 0.05) is 22.9 Å². The summed E-state index contributed by atoms with van der Waals surface area (Å²) in [6, 6.07) is 4.28. The molecule has 1 N–H and O–H groups in total. The van der Waals surface area contributed by atoms with Gasteiger partial charge in [-0.3, -0.25) is 0 Å². The Labute approximate surface area is 144 Å². The van der Waals surface area contributed by atoms with Crippen molar-refractivity contribution in [2.24, 2.45) is 10.9 Å². The molecule has 1 aromatic rings. The van der Waals surface area contributed by atoms with Crippen molar-refractivity contribution in [1.29, 1.82) is 0 Å². The minimum atomic E-state index is -0.689. The molecule has 2 atom stereocenters. The monoisotopic (exact) mass is 349 g/mol. The van der Waals surface area contributed by atoms with E-state index in [4.69, 9.17) is 4.74 Å². The van der Waals surface area contributed by atoms with Gasteiger partial charge in [0.05, 0.1) is 12.2 Å². The summed E-state index contributed by atoms with van der Waals surface area (Å²) in [6.07, 6.45) is 5.70. The van der Waals surface area contributed by atoms with Crippen molar-refractivity contribution in [2.45, 2.75) is 37.9 Å². The summed E-state index contributed by atoms with van der Waals surface area (Å²) in [6.45, 7) is 2.11. The van der Waals surface area contributed by atoms with Gasteiger partial charge in [0.15, 0.2) is 11.6 Å². The van der Waals surface area contributed by atoms with Gasteiger partial charge in [0.25, 0.3) is 0 Å². The zero-order valence-electron chi connectivity index (χ0n) is 13.5. The largest absolute Gasteiger partial charge is 0.504 e. The first-order chi connectivity index (χ1) is 11.6. The lowest BCUT2D eigenvalue weighted by Gasteiger charge is -2.25. The second-order valence-electron chi connectivity index (χ2n) is 5.92. The van der Waals surface area contributed by atoms with E-state index < -0.39 is 11.6 Å². The molecule has 1 aliphatic carbocycles. The van der Waals surface area contributed by atoms with E-state index >= 15 is 0 Å². The lowest BCUT2D eigenvalue weighted by molar-refractivity contribution is -0.139. The van der Waals surface area contributed by atoms with Crippen LogP contribution in [0.4, 0.5) is 4.39 Å². The van der Waals surface area contributed by atoms with Crippen LogP contribution in [0.3, 0.4) is 0 Å². The molecule has 1 heterocycles. The third-order valence-electron chi connectivity index (χ3n) is 4.40. The maximum atomic E-state index is 13.4. The molecule has 1 aromatic carbocycles. The number of para-hydroxylation sites is 1. The summed E-state index contributed by atoms with van der Waals surface area (Å²) in [5, 5.41) is 10.7. The number of aromatic hydroxyl groups is 1. The molecule has 1 aliphatic heterocycles. The Hall–Kier alpha value is -1.82. The third kappa shape index (κ3) is 3.34. The van der Waals surface area contributed by atoms with Crippen molar-refractivity contribution in [2.75, 3.05) is 6.61 Å². The normalized spacial score (nSPS) is 23.6. The Balaban J connectivity index is 1.92. The van der Waals surface area contributed by atoms with Crippen LogP contribution in [0.2, 0.25) is 0 Å². The first-order valence-corrected chi connectivity index (χ1v) is 9.09. The number of carbonyl (C=O) groups is 1. The molecular weight excluding hydrogens is 329 g/mol. The fourth-order valence-corrected chi connectivity index (χ4v) is 4.73. The van der Waals surface area contributed by atoms with Gasteiger partial charge >= 0.3 is 5.97 Å². The molecule has 0 radical (unpaired) electrons. The number of hydrogen-bond donors (Lipinski definition) is 1. The Morgan fingerprint density at radius 2 is 2.25 bits per heavy atom. The zero-order chi connectivity index (χ0) is 17.1. The van der Waals surface area contributed by atoms with E-state index in [9.17, 15) is 14.3 Å². The minimum absolute atomic E-state index is 0.177. The third-order valence-corrected chi connectivity index (χ3v) is 5.82. The predicted octanol–water partition coefficient (Wildman–Crippen LogP) is 4.03. The maximum absolute atomic E-state index is 13.4. The molecule has 0 saturated heterocycles. The first-order valence-electron chi connectivity index (χ1n) is 8.21. The average Bonchev–Trinajstić information content (AvgIpc) is 2.95. The van der Waals surface area contributed by atoms with E-state index in [0.717, 1.165) is 25.7 Å². The highest BCUT2D eigenvalue weighted by Gasteiger charge is 2.41. The number of phenols is 1. The Morgan fingerprint density at radius 1 is 1.46 bits per heavy atom. The van der Waals surface area contributed by atoms with E-state index in [-0.39, 0.29) is 11.9 Å². The number of halogens is 1. The molecule has 24 heavy (non-hydrogen) atoms. The fraction of sp³-hybridized carbons (Fsp3) is 0.444. The van der Waals surface area contributed by atoms with Gasteiger partial charge in [-0.05, 0) is 31.9 Å². The molecule has 3 rings (SSSR count). The number of carbonyl (C=O) groups excluding carboxylic acids is 1. The number of fused-ring (bicyclic) bond motifs is 1. The quantitative estimate of drug-likeness (QED) is 0.658. The molecule has 2 aliphatic rings. The standard InChI is InChI=1S/C18H20FNO3S/c1-2-23-18(22)15-12-7-3-4-9-14(12)24-17(15)20-10-11-6-5-8-13(19)16(11)21/h5-6,8,10,12,14,21H,2-4,7,9H2,1H3/b20-10+/t12-,14-/m0/s1. The van der Waals surface area contributed by atoms with Gasteiger partial charge < -0.3 is 9.84 Å². The molecule has 0 amide bonds. The van der Waals surface area contributed by atoms with Crippen molar-refractivity contribution in [3.63, 3.8) is 0 Å². The zero-order valence-corrected chi connectivity index (χ0v) is 14.3. The second kappa shape index (κ2) is 7.38. The lowest BCUT2D eigenvalue weighted by atomic mass is 9.84. The Kier molecular flexibility index (Phi) is 5.23. The van der Waals surface area contributed by atoms with Crippen molar-refractivity contribution in [1.82, 2.24) is 0 Å². The van der Waals surface area contributed by atoms with Crippen molar-refractivity contribution in [3.05, 3.63) is 40.2 Å². The van der Waals surface area contributed by atoms with Crippen molar-refractivity contribution in [3.8, 4) is 5.75 Å². The van der Waals surface area contributed by atoms with E-state index in [1.807, 2.05) is 0 Å². The second-order valence-corrected chi connectivity index (χ2v) is 7.15. The Morgan fingerprint density at radius 3 is 3.04 bits per heavy atom. The molecule has 128 valence electrons. The van der Waals surface area contributed by atoms with Gasteiger partial charge in [0.1, 0.15) is 5.03 Å². The van der Waals surface area contributed by atoms with Crippen LogP contribution in [0.5, 0.6) is 5.75 Å². The summed E-state index contributed by atoms with van der Waals surface area (Å²) in [5.41, 5.74) is 0.930. The summed E-state index contributed by atoms with van der Waals surface area (Å²) < 4.78 is 18.6. The number of esters is 1. The molecular formula is C18H20FNO3S. The highest BCUT2D eigenvalue weighted by molar-refractivity contribution is 8.04. The number of benzene rings is 1. The van der Waals surface area contributed by atoms with Gasteiger partial charge in [0.2, 0.25) is 0 Å². The summed E-state index contributed by atoms with van der Waals surface area (Å²) in [5.74, 6) is -1.25. The van der Waals surface area contributed by atoms with E-state index in [1.165, 1.54) is 18.3 Å². The number of phenolic OH excluding ortho intramolecular Hbond substituents is 1. The van der Waals surface area contributed by atoms with Crippen LogP contribution in [0.25, 0.3) is 0 Å². The van der Waals surface area contributed by atoms with Crippen molar-refractivity contribution >= 4 is 23.9 Å². The number of aliphatic imine (C=N–C) groups is 1. The van der Waals surface area contributed by atoms with E-state index in [1.54, 1.807) is 24.8 Å². The number of thioether (sulfide) groups is 1. The molecule has 1 saturated carbocycles. The topological polar surface area (TPSA) is 58.9 Å². The van der Waals surface area contributed by atoms with Gasteiger partial charge in [-0.1, -0.05) is 18.9 Å². The van der Waals surface area contributed by atoms with E-state index in [2.05, 4.69) is 4.99 Å². The smallest absolute Gasteiger partial charge is 0.337 e. The summed E-state index contributed by atoms with van der Waals surface area (Å²) in [7, 11) is 0. The van der Waals surface area contributed by atoms with E-state index in [0.29, 0.717) is 28.0 Å². The molecule has 0 unspecified atom stereocenters. The maximum Gasteiger partial charge on any atom is 0.337 e.